The monoisotopic (exact) mass is 559 g/mol. The van der Waals surface area contributed by atoms with Gasteiger partial charge in [0.05, 0.1) is 23.6 Å². The molecule has 1 N–H and O–H groups in total. The summed E-state index contributed by atoms with van der Waals surface area (Å²) < 4.78 is 33.6. The van der Waals surface area contributed by atoms with Gasteiger partial charge in [-0.05, 0) is 66.4 Å². The fraction of sp³-hybridized carbons (Fsp3) is 0.355. The van der Waals surface area contributed by atoms with Crippen molar-refractivity contribution in [2.24, 2.45) is 0 Å². The highest BCUT2D eigenvalue weighted by Crippen LogP contribution is 2.30. The first kappa shape index (κ1) is 28.0. The molecule has 40 heavy (non-hydrogen) atoms. The predicted molar refractivity (Wildman–Crippen MR) is 160 cm³/mol. The average Bonchev–Trinajstić information content (AvgIpc) is 2.97. The number of hydrogen-bond donors (Lipinski definition) is 1. The van der Waals surface area contributed by atoms with Crippen molar-refractivity contribution in [3.63, 3.8) is 0 Å². The number of benzene rings is 3. The zero-order chi connectivity index (χ0) is 28.5. The maximum Gasteiger partial charge on any atom is 0.243 e. The maximum absolute atomic E-state index is 13.4. The molecule has 1 saturated heterocycles. The number of piperazine rings is 1. The third-order valence-electron chi connectivity index (χ3n) is 7.53. The fourth-order valence-corrected chi connectivity index (χ4v) is 6.38. The second-order valence-corrected chi connectivity index (χ2v) is 13.1. The van der Waals surface area contributed by atoms with Crippen molar-refractivity contribution in [3.8, 4) is 5.75 Å². The van der Waals surface area contributed by atoms with Crippen LogP contribution in [0, 0.1) is 0 Å². The first-order valence-corrected chi connectivity index (χ1v) is 15.0. The minimum absolute atomic E-state index is 0.0289. The third-order valence-corrected chi connectivity index (χ3v) is 9.44. The molecular formula is C31H37N5O3S. The molecule has 0 saturated carbocycles. The van der Waals surface area contributed by atoms with Gasteiger partial charge in [-0.1, -0.05) is 45.0 Å². The van der Waals surface area contributed by atoms with Crippen LogP contribution in [0.3, 0.4) is 0 Å². The van der Waals surface area contributed by atoms with Crippen molar-refractivity contribution < 1.29 is 13.2 Å². The number of hydrogen-bond acceptors (Lipinski definition) is 7. The van der Waals surface area contributed by atoms with Crippen LogP contribution in [0.5, 0.6) is 5.75 Å². The van der Waals surface area contributed by atoms with Crippen molar-refractivity contribution in [3.05, 3.63) is 84.2 Å². The Hall–Kier alpha value is -3.53. The summed E-state index contributed by atoms with van der Waals surface area (Å²) in [6.45, 7) is 10.5. The summed E-state index contributed by atoms with van der Waals surface area (Å²) in [5.41, 5.74) is 2.84. The highest BCUT2D eigenvalue weighted by molar-refractivity contribution is 7.89. The lowest BCUT2D eigenvalue weighted by Crippen LogP contribution is -2.49. The minimum Gasteiger partial charge on any atom is -0.497 e. The number of ether oxygens (including phenoxy) is 1. The van der Waals surface area contributed by atoms with E-state index >= 15 is 0 Å². The Bertz CT molecular complexity index is 1570. The van der Waals surface area contributed by atoms with Gasteiger partial charge in [-0.2, -0.15) is 4.31 Å². The number of methoxy groups -OCH3 is 1. The van der Waals surface area contributed by atoms with Gasteiger partial charge in [0.25, 0.3) is 0 Å². The maximum atomic E-state index is 13.4. The number of sulfonamides is 1. The number of para-hydroxylation sites is 1. The summed E-state index contributed by atoms with van der Waals surface area (Å²) in [4.78, 5) is 12.4. The van der Waals surface area contributed by atoms with Gasteiger partial charge in [0.2, 0.25) is 10.0 Å². The van der Waals surface area contributed by atoms with Crippen molar-refractivity contribution in [2.45, 2.75) is 44.0 Å². The Kier molecular flexibility index (Phi) is 7.81. The molecule has 0 amide bonds. The van der Waals surface area contributed by atoms with Crippen LogP contribution in [0.25, 0.3) is 10.9 Å². The summed E-state index contributed by atoms with van der Waals surface area (Å²) in [6.07, 6.45) is 0. The van der Waals surface area contributed by atoms with Crippen LogP contribution in [-0.2, 0) is 15.4 Å². The largest absolute Gasteiger partial charge is 0.497 e. The Morgan fingerprint density at radius 1 is 0.875 bits per heavy atom. The Labute approximate surface area is 237 Å². The highest BCUT2D eigenvalue weighted by atomic mass is 32.2. The van der Waals surface area contributed by atoms with Gasteiger partial charge in [-0.3, -0.25) is 4.90 Å². The van der Waals surface area contributed by atoms with E-state index in [1.165, 1.54) is 0 Å². The number of aromatic nitrogens is 2. The van der Waals surface area contributed by atoms with Gasteiger partial charge in [0.1, 0.15) is 17.4 Å². The van der Waals surface area contributed by atoms with Gasteiger partial charge >= 0.3 is 0 Å². The lowest BCUT2D eigenvalue weighted by Gasteiger charge is -2.37. The van der Waals surface area contributed by atoms with E-state index in [0.29, 0.717) is 36.9 Å². The second kappa shape index (κ2) is 11.2. The topological polar surface area (TPSA) is 87.7 Å². The van der Waals surface area contributed by atoms with Crippen molar-refractivity contribution in [2.75, 3.05) is 38.6 Å². The summed E-state index contributed by atoms with van der Waals surface area (Å²) in [6, 6.07) is 22.9. The molecule has 2 heterocycles. The van der Waals surface area contributed by atoms with Crippen molar-refractivity contribution in [1.29, 1.82) is 0 Å². The molecule has 8 nitrogen and oxygen atoms in total. The van der Waals surface area contributed by atoms with E-state index in [1.807, 2.05) is 60.7 Å². The van der Waals surface area contributed by atoms with Crippen molar-refractivity contribution in [1.82, 2.24) is 19.2 Å². The van der Waals surface area contributed by atoms with Crippen LogP contribution < -0.4 is 10.1 Å². The molecule has 0 radical (unpaired) electrons. The molecule has 3 aromatic carbocycles. The third kappa shape index (κ3) is 5.82. The lowest BCUT2D eigenvalue weighted by atomic mass is 9.87. The van der Waals surface area contributed by atoms with Crippen LogP contribution in [0.1, 0.15) is 45.1 Å². The quantitative estimate of drug-likeness (QED) is 0.309. The van der Waals surface area contributed by atoms with E-state index in [9.17, 15) is 8.42 Å². The van der Waals surface area contributed by atoms with E-state index in [1.54, 1.807) is 23.5 Å². The molecule has 9 heteroatoms. The first-order chi connectivity index (χ1) is 19.1. The summed E-state index contributed by atoms with van der Waals surface area (Å²) in [7, 11) is -1.91. The van der Waals surface area contributed by atoms with Gasteiger partial charge in [0, 0.05) is 37.3 Å². The van der Waals surface area contributed by atoms with Gasteiger partial charge in [0.15, 0.2) is 0 Å². The molecule has 1 unspecified atom stereocenters. The summed E-state index contributed by atoms with van der Waals surface area (Å²) >= 11 is 0. The molecule has 210 valence electrons. The van der Waals surface area contributed by atoms with Crippen LogP contribution >= 0.6 is 0 Å². The SMILES string of the molecule is COc1ccc(Nc2nc(C(C)N3CCN(S(=O)(=O)c4ccc(C(C)(C)C)cc4)CC3)nc3ccccc23)cc1. The molecule has 1 aromatic heterocycles. The Morgan fingerprint density at radius 3 is 2.15 bits per heavy atom. The molecular weight excluding hydrogens is 522 g/mol. The van der Waals surface area contributed by atoms with Gasteiger partial charge in [-0.25, -0.2) is 18.4 Å². The smallest absolute Gasteiger partial charge is 0.243 e. The molecule has 5 rings (SSSR count). The Morgan fingerprint density at radius 2 is 1.52 bits per heavy atom. The second-order valence-electron chi connectivity index (χ2n) is 11.2. The number of fused-ring (bicyclic) bond motifs is 1. The molecule has 0 bridgehead atoms. The number of rotatable bonds is 7. The standard InChI is InChI=1S/C31H37N5O3S/c1-22(35-18-20-36(21-19-35)40(37,38)26-16-10-23(11-17-26)31(2,3)4)29-33-28-9-7-6-8-27(28)30(34-29)32-24-12-14-25(39-5)15-13-24/h6-17,22H,18-21H2,1-5H3,(H,32,33,34). The molecule has 1 atom stereocenters. The van der Waals surface area contributed by atoms with Crippen LogP contribution in [0.15, 0.2) is 77.7 Å². The van der Waals surface area contributed by atoms with Crippen LogP contribution in [0.2, 0.25) is 0 Å². The highest BCUT2D eigenvalue weighted by Gasteiger charge is 2.31. The number of nitrogens with one attached hydrogen (secondary N) is 1. The first-order valence-electron chi connectivity index (χ1n) is 13.6. The van der Waals surface area contributed by atoms with E-state index < -0.39 is 10.0 Å². The predicted octanol–water partition coefficient (Wildman–Crippen LogP) is 5.75. The van der Waals surface area contributed by atoms with Gasteiger partial charge in [-0.15, -0.1) is 0 Å². The fourth-order valence-electron chi connectivity index (χ4n) is 4.96. The number of nitrogens with zero attached hydrogens (tertiary/aromatic N) is 4. The van der Waals surface area contributed by atoms with E-state index in [2.05, 4.69) is 37.9 Å². The zero-order valence-electron chi connectivity index (χ0n) is 23.8. The summed E-state index contributed by atoms with van der Waals surface area (Å²) in [5.74, 6) is 2.22. The normalized spacial score (nSPS) is 16.1. The van der Waals surface area contributed by atoms with Crippen LogP contribution in [-0.4, -0.2) is 60.9 Å². The lowest BCUT2D eigenvalue weighted by molar-refractivity contribution is 0.141. The molecule has 0 spiro atoms. The van der Waals surface area contributed by atoms with E-state index in [4.69, 9.17) is 14.7 Å². The average molecular weight is 560 g/mol. The van der Waals surface area contributed by atoms with E-state index in [-0.39, 0.29) is 11.5 Å². The zero-order valence-corrected chi connectivity index (χ0v) is 24.6. The number of anilines is 2. The molecule has 4 aromatic rings. The van der Waals surface area contributed by atoms with E-state index in [0.717, 1.165) is 33.7 Å². The molecule has 1 fully saturated rings. The Balaban J connectivity index is 1.32. The van der Waals surface area contributed by atoms with Crippen LogP contribution in [0.4, 0.5) is 11.5 Å². The molecule has 1 aliphatic heterocycles. The summed E-state index contributed by atoms with van der Waals surface area (Å²) in [5, 5.41) is 4.37. The van der Waals surface area contributed by atoms with Crippen molar-refractivity contribution >= 4 is 32.4 Å². The molecule has 1 aliphatic rings. The van der Waals surface area contributed by atoms with Gasteiger partial charge < -0.3 is 10.1 Å². The minimum atomic E-state index is -3.56. The molecule has 0 aliphatic carbocycles.